The van der Waals surface area contributed by atoms with Crippen molar-refractivity contribution in [3.63, 3.8) is 0 Å². The van der Waals surface area contributed by atoms with Gasteiger partial charge in [-0.1, -0.05) is 11.6 Å². The molecule has 0 aromatic heterocycles. The molecule has 1 radical (unpaired) electrons. The van der Waals surface area contributed by atoms with Crippen LogP contribution in [-0.4, -0.2) is 5.13 Å². The standard InChI is InChI=1S/C4H5ClF/c5-4(6)2-1-3-4/h2H,1,3H2. The number of halogens is 2. The molecule has 0 nitrogen and oxygen atoms in total. The van der Waals surface area contributed by atoms with Crippen LogP contribution in [0.1, 0.15) is 12.8 Å². The third kappa shape index (κ3) is 0.648. The minimum absolute atomic E-state index is 0.495. The van der Waals surface area contributed by atoms with Crippen molar-refractivity contribution in [2.45, 2.75) is 18.0 Å². The first-order chi connectivity index (χ1) is 2.71. The van der Waals surface area contributed by atoms with Crippen molar-refractivity contribution in [3.8, 4) is 0 Å². The van der Waals surface area contributed by atoms with Crippen LogP contribution in [0.2, 0.25) is 0 Å². The number of rotatable bonds is 0. The summed E-state index contributed by atoms with van der Waals surface area (Å²) in [4.78, 5) is 0. The molecule has 1 unspecified atom stereocenters. The van der Waals surface area contributed by atoms with E-state index >= 15 is 0 Å². The topological polar surface area (TPSA) is 0 Å². The van der Waals surface area contributed by atoms with Crippen molar-refractivity contribution in [2.75, 3.05) is 0 Å². The van der Waals surface area contributed by atoms with Crippen molar-refractivity contribution in [1.29, 1.82) is 0 Å². The van der Waals surface area contributed by atoms with E-state index in [0.717, 1.165) is 6.42 Å². The van der Waals surface area contributed by atoms with E-state index in [1.54, 1.807) is 0 Å². The largest absolute Gasteiger partial charge is 0.226 e. The highest BCUT2D eigenvalue weighted by molar-refractivity contribution is 6.24. The van der Waals surface area contributed by atoms with Gasteiger partial charge in [-0.2, -0.15) is 0 Å². The van der Waals surface area contributed by atoms with Gasteiger partial charge in [-0.05, 0) is 12.8 Å². The fraction of sp³-hybridized carbons (Fsp3) is 0.750. The highest BCUT2D eigenvalue weighted by Crippen LogP contribution is 2.37. The Kier molecular flexibility index (Phi) is 0.798. The predicted octanol–water partition coefficient (Wildman–Crippen LogP) is 1.89. The molecule has 0 bridgehead atoms. The molecule has 1 saturated carbocycles. The van der Waals surface area contributed by atoms with Gasteiger partial charge in [-0.15, -0.1) is 0 Å². The average Bonchev–Trinajstić information content (AvgIpc) is 1.32. The molecule has 0 amide bonds. The van der Waals surface area contributed by atoms with E-state index in [1.165, 1.54) is 6.42 Å². The molecule has 35 valence electrons. The number of hydrogen-bond donors (Lipinski definition) is 0. The van der Waals surface area contributed by atoms with E-state index in [9.17, 15) is 4.39 Å². The van der Waals surface area contributed by atoms with Crippen LogP contribution in [0.25, 0.3) is 0 Å². The minimum Gasteiger partial charge on any atom is -0.226 e. The molecule has 1 fully saturated rings. The summed E-state index contributed by atoms with van der Waals surface area (Å²) in [5.74, 6) is 0. The smallest absolute Gasteiger partial charge is 0.186 e. The van der Waals surface area contributed by atoms with E-state index in [2.05, 4.69) is 0 Å². The Labute approximate surface area is 41.3 Å². The van der Waals surface area contributed by atoms with Crippen LogP contribution in [0.4, 0.5) is 4.39 Å². The summed E-state index contributed by atoms with van der Waals surface area (Å²) in [5.41, 5.74) is 0. The maximum Gasteiger partial charge on any atom is 0.186 e. The maximum absolute atomic E-state index is 11.9. The lowest BCUT2D eigenvalue weighted by Crippen LogP contribution is -2.24. The first kappa shape index (κ1) is 4.38. The first-order valence-corrected chi connectivity index (χ1v) is 2.31. The summed E-state index contributed by atoms with van der Waals surface area (Å²) in [6, 6.07) is 0. The average molecular weight is 108 g/mol. The van der Waals surface area contributed by atoms with Crippen molar-refractivity contribution in [3.05, 3.63) is 6.42 Å². The summed E-state index contributed by atoms with van der Waals surface area (Å²) >= 11 is 5.08. The van der Waals surface area contributed by atoms with Crippen LogP contribution in [0.5, 0.6) is 0 Å². The van der Waals surface area contributed by atoms with Crippen LogP contribution >= 0.6 is 11.6 Å². The van der Waals surface area contributed by atoms with Crippen LogP contribution in [0.15, 0.2) is 0 Å². The maximum atomic E-state index is 11.9. The minimum atomic E-state index is -1.43. The van der Waals surface area contributed by atoms with Gasteiger partial charge in [0.2, 0.25) is 0 Å². The van der Waals surface area contributed by atoms with E-state index in [-0.39, 0.29) is 0 Å². The molecule has 1 rings (SSSR count). The van der Waals surface area contributed by atoms with Crippen LogP contribution in [0.3, 0.4) is 0 Å². The Balaban J connectivity index is 2.31. The van der Waals surface area contributed by atoms with Crippen LogP contribution in [-0.2, 0) is 0 Å². The van der Waals surface area contributed by atoms with Gasteiger partial charge in [0.05, 0.1) is 0 Å². The predicted molar refractivity (Wildman–Crippen MR) is 23.2 cm³/mol. The summed E-state index contributed by atoms with van der Waals surface area (Å²) in [7, 11) is 0. The molecule has 0 aliphatic heterocycles. The Bertz CT molecular complexity index is 54.6. The van der Waals surface area contributed by atoms with Crippen molar-refractivity contribution in [1.82, 2.24) is 0 Å². The van der Waals surface area contributed by atoms with Crippen LogP contribution in [0, 0.1) is 6.42 Å². The van der Waals surface area contributed by atoms with Gasteiger partial charge >= 0.3 is 0 Å². The molecule has 0 N–H and O–H groups in total. The third-order valence-corrected chi connectivity index (χ3v) is 1.26. The molecule has 1 aliphatic carbocycles. The Morgan fingerprint density at radius 1 is 1.83 bits per heavy atom. The Hall–Kier alpha value is 0.220. The molecule has 0 aromatic rings. The molecule has 6 heavy (non-hydrogen) atoms. The lowest BCUT2D eigenvalue weighted by Gasteiger charge is -2.25. The fourth-order valence-electron chi connectivity index (χ4n) is 0.363. The normalized spacial score (nSPS) is 29.0. The lowest BCUT2D eigenvalue weighted by molar-refractivity contribution is 0.236. The highest BCUT2D eigenvalue weighted by atomic mass is 35.5. The van der Waals surface area contributed by atoms with E-state index in [1.807, 2.05) is 0 Å². The van der Waals surface area contributed by atoms with E-state index in [0.29, 0.717) is 6.42 Å². The van der Waals surface area contributed by atoms with E-state index in [4.69, 9.17) is 11.6 Å². The number of alkyl halides is 2. The van der Waals surface area contributed by atoms with Crippen molar-refractivity contribution < 1.29 is 4.39 Å². The first-order valence-electron chi connectivity index (χ1n) is 1.93. The SMILES string of the molecule is FC1(Cl)[CH]CC1. The van der Waals surface area contributed by atoms with E-state index < -0.39 is 5.13 Å². The second kappa shape index (κ2) is 1.09. The summed E-state index contributed by atoms with van der Waals surface area (Å²) in [5, 5.41) is -1.43. The van der Waals surface area contributed by atoms with Gasteiger partial charge in [0.1, 0.15) is 0 Å². The second-order valence-electron chi connectivity index (χ2n) is 1.50. The number of hydrogen-bond acceptors (Lipinski definition) is 0. The van der Waals surface area contributed by atoms with Gasteiger partial charge in [-0.25, -0.2) is 4.39 Å². The molecule has 0 aromatic carbocycles. The zero-order valence-corrected chi connectivity index (χ0v) is 4.00. The van der Waals surface area contributed by atoms with Gasteiger partial charge in [0.15, 0.2) is 5.13 Å². The monoisotopic (exact) mass is 107 g/mol. The zero-order chi connectivity index (χ0) is 4.62. The highest BCUT2D eigenvalue weighted by Gasteiger charge is 2.34. The van der Waals surface area contributed by atoms with Gasteiger partial charge in [0, 0.05) is 6.42 Å². The Morgan fingerprint density at radius 3 is 2.17 bits per heavy atom. The van der Waals surface area contributed by atoms with Gasteiger partial charge in [0.25, 0.3) is 0 Å². The van der Waals surface area contributed by atoms with Crippen LogP contribution < -0.4 is 0 Å². The Morgan fingerprint density at radius 2 is 2.17 bits per heavy atom. The molecular weight excluding hydrogens is 102 g/mol. The van der Waals surface area contributed by atoms with Crippen molar-refractivity contribution >= 4 is 11.6 Å². The zero-order valence-electron chi connectivity index (χ0n) is 3.25. The third-order valence-electron chi connectivity index (χ3n) is 0.921. The summed E-state index contributed by atoms with van der Waals surface area (Å²) < 4.78 is 11.9. The molecule has 1 aliphatic rings. The molecule has 0 spiro atoms. The molecular formula is C4H5ClF. The summed E-state index contributed by atoms with van der Waals surface area (Å²) in [6.45, 7) is 0. The quantitative estimate of drug-likeness (QED) is 0.415. The molecule has 1 atom stereocenters. The fourth-order valence-corrected chi connectivity index (χ4v) is 0.581. The van der Waals surface area contributed by atoms with Gasteiger partial charge in [-0.3, -0.25) is 0 Å². The second-order valence-corrected chi connectivity index (χ2v) is 2.13. The molecule has 0 heterocycles. The van der Waals surface area contributed by atoms with Gasteiger partial charge < -0.3 is 0 Å². The summed E-state index contributed by atoms with van der Waals surface area (Å²) in [6.07, 6.45) is 2.79. The lowest BCUT2D eigenvalue weighted by atomic mass is 9.97. The van der Waals surface area contributed by atoms with Crippen molar-refractivity contribution in [2.24, 2.45) is 0 Å². The molecule has 2 heteroatoms. The molecule has 0 saturated heterocycles.